The molecule has 1 N–H and O–H groups in total. The fourth-order valence-electron chi connectivity index (χ4n) is 4.31. The molecular formula is C28H38N2O4S. The average molecular weight is 499 g/mol. The van der Waals surface area contributed by atoms with Gasteiger partial charge >= 0.3 is 6.09 Å². The van der Waals surface area contributed by atoms with Crippen LogP contribution in [0.15, 0.2) is 54.6 Å². The highest BCUT2D eigenvalue weighted by atomic mass is 32.2. The highest BCUT2D eigenvalue weighted by molar-refractivity contribution is 7.90. The fourth-order valence-corrected chi connectivity index (χ4v) is 5.25. The smallest absolute Gasteiger partial charge is 0.410 e. The van der Waals surface area contributed by atoms with Crippen molar-refractivity contribution in [3.63, 3.8) is 0 Å². The van der Waals surface area contributed by atoms with Gasteiger partial charge in [0.05, 0.1) is 6.04 Å². The van der Waals surface area contributed by atoms with Crippen LogP contribution >= 0.6 is 0 Å². The van der Waals surface area contributed by atoms with E-state index in [0.717, 1.165) is 23.0 Å². The van der Waals surface area contributed by atoms with E-state index in [-0.39, 0.29) is 0 Å². The Kier molecular flexibility index (Phi) is 8.35. The fraction of sp³-hybridized carbons (Fsp3) is 0.500. The van der Waals surface area contributed by atoms with Crippen LogP contribution in [0.4, 0.5) is 4.79 Å². The SMILES string of the molecule is CC(C)(C)OC(=O)N1CCC[C@](C=O)(N[S+]([O-])C(C)(C)C)[C@@H]1Cc1cccc(-c2ccccc2)c1. The molecule has 1 aliphatic heterocycles. The van der Waals surface area contributed by atoms with Crippen molar-refractivity contribution in [3.8, 4) is 11.1 Å². The van der Waals surface area contributed by atoms with Crippen molar-refractivity contribution in [1.29, 1.82) is 0 Å². The number of benzene rings is 2. The molecule has 3 atom stereocenters. The van der Waals surface area contributed by atoms with Crippen molar-refractivity contribution < 1.29 is 18.9 Å². The first kappa shape index (κ1) is 27.2. The largest absolute Gasteiger partial charge is 0.598 e. The molecule has 1 saturated heterocycles. The Bertz CT molecular complexity index is 1020. The molecule has 190 valence electrons. The lowest BCUT2D eigenvalue weighted by Crippen LogP contribution is -2.69. The number of hydrogen-bond acceptors (Lipinski definition) is 5. The predicted molar refractivity (Wildman–Crippen MR) is 141 cm³/mol. The van der Waals surface area contributed by atoms with Crippen molar-refractivity contribution in [2.24, 2.45) is 0 Å². The van der Waals surface area contributed by atoms with Crippen molar-refractivity contribution in [3.05, 3.63) is 60.2 Å². The molecule has 0 saturated carbocycles. The first-order valence-corrected chi connectivity index (χ1v) is 13.3. The molecular weight excluding hydrogens is 460 g/mol. The molecule has 6 nitrogen and oxygen atoms in total. The van der Waals surface area contributed by atoms with E-state index in [2.05, 4.69) is 22.9 Å². The number of nitrogens with zero attached hydrogens (tertiary/aromatic N) is 1. The summed E-state index contributed by atoms with van der Waals surface area (Å²) in [5, 5.41) is 0. The maximum Gasteiger partial charge on any atom is 0.410 e. The van der Waals surface area contributed by atoms with Gasteiger partial charge in [0.15, 0.2) is 0 Å². The summed E-state index contributed by atoms with van der Waals surface area (Å²) in [4.78, 5) is 27.6. The number of nitrogens with one attached hydrogen (secondary N) is 1. The van der Waals surface area contributed by atoms with Crippen LogP contribution in [0.2, 0.25) is 0 Å². The summed E-state index contributed by atoms with van der Waals surface area (Å²) in [6.45, 7) is 11.5. The number of ether oxygens (including phenoxy) is 1. The van der Waals surface area contributed by atoms with Gasteiger partial charge in [-0.25, -0.2) is 4.79 Å². The lowest BCUT2D eigenvalue weighted by Gasteiger charge is -2.47. The van der Waals surface area contributed by atoms with E-state index in [9.17, 15) is 14.1 Å². The van der Waals surface area contributed by atoms with Crippen molar-refractivity contribution in [2.75, 3.05) is 6.54 Å². The Hall–Kier alpha value is -2.35. The molecule has 3 rings (SSSR count). The van der Waals surface area contributed by atoms with Gasteiger partial charge in [-0.15, -0.1) is 4.72 Å². The van der Waals surface area contributed by atoms with Gasteiger partial charge < -0.3 is 19.0 Å². The summed E-state index contributed by atoms with van der Waals surface area (Å²) in [6.07, 6.45) is 1.90. The number of likely N-dealkylation sites (tertiary alicyclic amines) is 1. The zero-order valence-corrected chi connectivity index (χ0v) is 22.5. The Morgan fingerprint density at radius 3 is 2.37 bits per heavy atom. The standard InChI is InChI=1S/C28H38N2O4S/c1-26(2,3)34-25(32)30-17-11-16-28(20-31,29-35(33)27(4,5)6)24(30)19-21-12-10-15-23(18-21)22-13-8-7-9-14-22/h7-10,12-15,18,20,24,29H,11,16-17,19H2,1-6H3/t24-,28+,35?/m0/s1. The highest BCUT2D eigenvalue weighted by Gasteiger charge is 2.51. The second kappa shape index (κ2) is 10.7. The number of rotatable bonds is 6. The van der Waals surface area contributed by atoms with Crippen LogP contribution in [0, 0.1) is 0 Å². The molecule has 1 amide bonds. The van der Waals surface area contributed by atoms with E-state index in [1.165, 1.54) is 0 Å². The van der Waals surface area contributed by atoms with E-state index in [4.69, 9.17) is 4.74 Å². The van der Waals surface area contributed by atoms with Crippen LogP contribution in [0.5, 0.6) is 0 Å². The van der Waals surface area contributed by atoms with Crippen LogP contribution in [0.25, 0.3) is 11.1 Å². The first-order chi connectivity index (χ1) is 16.3. The van der Waals surface area contributed by atoms with Gasteiger partial charge in [-0.05, 0) is 77.5 Å². The molecule has 0 radical (unpaired) electrons. The van der Waals surface area contributed by atoms with Crippen LogP contribution in [-0.4, -0.2) is 50.3 Å². The predicted octanol–water partition coefficient (Wildman–Crippen LogP) is 5.29. The van der Waals surface area contributed by atoms with Gasteiger partial charge in [-0.3, -0.25) is 0 Å². The summed E-state index contributed by atoms with van der Waals surface area (Å²) in [5.41, 5.74) is 1.32. The minimum absolute atomic E-state index is 0.424. The zero-order valence-electron chi connectivity index (χ0n) is 21.7. The Morgan fingerprint density at radius 1 is 1.11 bits per heavy atom. The summed E-state index contributed by atoms with van der Waals surface area (Å²) in [6, 6.07) is 17.7. The van der Waals surface area contributed by atoms with Gasteiger partial charge in [-0.1, -0.05) is 54.6 Å². The highest BCUT2D eigenvalue weighted by Crippen LogP contribution is 2.33. The van der Waals surface area contributed by atoms with Gasteiger partial charge in [0, 0.05) is 17.9 Å². The normalized spacial score (nSPS) is 21.9. The van der Waals surface area contributed by atoms with Gasteiger partial charge in [0.2, 0.25) is 0 Å². The molecule has 7 heteroatoms. The third-order valence-corrected chi connectivity index (χ3v) is 7.78. The molecule has 1 heterocycles. The third-order valence-electron chi connectivity index (χ3n) is 6.10. The van der Waals surface area contributed by atoms with E-state index < -0.39 is 39.4 Å². The minimum Gasteiger partial charge on any atom is -0.598 e. The van der Waals surface area contributed by atoms with Gasteiger partial charge in [-0.2, -0.15) is 0 Å². The van der Waals surface area contributed by atoms with Crippen LogP contribution in [0.1, 0.15) is 59.9 Å². The summed E-state index contributed by atoms with van der Waals surface area (Å²) in [5.74, 6) is 0. The first-order valence-electron chi connectivity index (χ1n) is 12.1. The second-order valence-corrected chi connectivity index (χ2v) is 13.2. The van der Waals surface area contributed by atoms with Crippen molar-refractivity contribution in [2.45, 2.75) is 82.7 Å². The second-order valence-electron chi connectivity index (χ2n) is 11.2. The Labute approximate surface area is 212 Å². The molecule has 0 aromatic heterocycles. The topological polar surface area (TPSA) is 81.7 Å². The Balaban J connectivity index is 2.01. The zero-order chi connectivity index (χ0) is 25.9. The number of carbonyl (C=O) groups excluding carboxylic acids is 2. The van der Waals surface area contributed by atoms with Crippen LogP contribution < -0.4 is 4.72 Å². The average Bonchev–Trinajstić information content (AvgIpc) is 2.79. The minimum atomic E-state index is -1.49. The van der Waals surface area contributed by atoms with E-state index in [0.29, 0.717) is 25.8 Å². The molecule has 1 fully saturated rings. The van der Waals surface area contributed by atoms with Crippen molar-refractivity contribution >= 4 is 23.7 Å². The number of amides is 1. The van der Waals surface area contributed by atoms with E-state index in [1.54, 1.807) is 4.90 Å². The number of piperidine rings is 1. The van der Waals surface area contributed by atoms with Gasteiger partial charge in [0.1, 0.15) is 22.2 Å². The van der Waals surface area contributed by atoms with E-state index >= 15 is 0 Å². The van der Waals surface area contributed by atoms with Gasteiger partial charge in [0.25, 0.3) is 0 Å². The van der Waals surface area contributed by atoms with Crippen LogP contribution in [0.3, 0.4) is 0 Å². The van der Waals surface area contributed by atoms with Crippen molar-refractivity contribution in [1.82, 2.24) is 9.62 Å². The summed E-state index contributed by atoms with van der Waals surface area (Å²) >= 11 is -1.49. The molecule has 0 aliphatic carbocycles. The quantitative estimate of drug-likeness (QED) is 0.433. The molecule has 1 aliphatic rings. The number of hydrogen-bond donors (Lipinski definition) is 1. The third kappa shape index (κ3) is 6.87. The molecule has 2 aromatic carbocycles. The lowest BCUT2D eigenvalue weighted by molar-refractivity contribution is -0.117. The number of carbonyl (C=O) groups is 2. The summed E-state index contributed by atoms with van der Waals surface area (Å²) < 4.78 is 21.4. The maximum atomic E-state index is 13.3. The Morgan fingerprint density at radius 2 is 1.77 bits per heavy atom. The monoisotopic (exact) mass is 498 g/mol. The molecule has 0 spiro atoms. The van der Waals surface area contributed by atoms with E-state index in [1.807, 2.05) is 77.9 Å². The molecule has 35 heavy (non-hydrogen) atoms. The maximum absolute atomic E-state index is 13.3. The summed E-state index contributed by atoms with van der Waals surface area (Å²) in [7, 11) is 0. The number of aldehydes is 1. The molecule has 2 aromatic rings. The molecule has 0 bridgehead atoms. The van der Waals surface area contributed by atoms with Crippen LogP contribution in [-0.2, 0) is 27.3 Å². The lowest BCUT2D eigenvalue weighted by atomic mass is 9.80. The molecule has 1 unspecified atom stereocenters.